The summed E-state index contributed by atoms with van der Waals surface area (Å²) in [6.07, 6.45) is 1.74. The summed E-state index contributed by atoms with van der Waals surface area (Å²) in [7, 11) is 0. The minimum absolute atomic E-state index is 0.145. The number of thiazole rings is 1. The third-order valence-electron chi connectivity index (χ3n) is 5.49. The maximum absolute atomic E-state index is 13.1. The van der Waals surface area contributed by atoms with Crippen molar-refractivity contribution in [1.29, 1.82) is 0 Å². The molecule has 7 nitrogen and oxygen atoms in total. The fraction of sp³-hybridized carbons (Fsp3) is 0.292. The van der Waals surface area contributed by atoms with E-state index in [2.05, 4.69) is 16.4 Å². The van der Waals surface area contributed by atoms with Crippen LogP contribution in [0.5, 0.6) is 0 Å². The molecule has 0 saturated carbocycles. The van der Waals surface area contributed by atoms with E-state index in [9.17, 15) is 9.59 Å². The number of furan rings is 1. The number of hydrogen-bond donors (Lipinski definition) is 1. The lowest BCUT2D eigenvalue weighted by Crippen LogP contribution is -2.40. The molecule has 32 heavy (non-hydrogen) atoms. The number of amides is 2. The van der Waals surface area contributed by atoms with Gasteiger partial charge in [-0.05, 0) is 37.1 Å². The number of aromatic nitrogens is 1. The number of benzene rings is 2. The van der Waals surface area contributed by atoms with Gasteiger partial charge in [-0.3, -0.25) is 9.59 Å². The summed E-state index contributed by atoms with van der Waals surface area (Å²) < 4.78 is 12.4. The summed E-state index contributed by atoms with van der Waals surface area (Å²) in [6, 6.07) is 15.4. The van der Waals surface area contributed by atoms with E-state index in [1.807, 2.05) is 36.4 Å². The number of morpholine rings is 1. The van der Waals surface area contributed by atoms with Gasteiger partial charge in [0.05, 0.1) is 28.4 Å². The normalized spacial score (nSPS) is 14.2. The highest BCUT2D eigenvalue weighted by molar-refractivity contribution is 7.18. The molecule has 0 unspecified atom stereocenters. The van der Waals surface area contributed by atoms with Crippen LogP contribution in [0.15, 0.2) is 52.9 Å². The van der Waals surface area contributed by atoms with Gasteiger partial charge in [0.1, 0.15) is 11.3 Å². The Morgan fingerprint density at radius 3 is 2.69 bits per heavy atom. The first kappa shape index (κ1) is 20.7. The zero-order valence-corrected chi connectivity index (χ0v) is 18.3. The van der Waals surface area contributed by atoms with Crippen LogP contribution in [0.25, 0.3) is 21.2 Å². The summed E-state index contributed by atoms with van der Waals surface area (Å²) in [5, 5.41) is 4.69. The maximum Gasteiger partial charge on any atom is 0.291 e. The van der Waals surface area contributed by atoms with Gasteiger partial charge in [0.2, 0.25) is 11.7 Å². The molecule has 2 amide bonds. The number of ether oxygens (including phenoxy) is 1. The van der Waals surface area contributed by atoms with Crippen LogP contribution in [0.1, 0.15) is 28.4 Å². The van der Waals surface area contributed by atoms with E-state index < -0.39 is 0 Å². The summed E-state index contributed by atoms with van der Waals surface area (Å²) in [4.78, 5) is 32.2. The minimum atomic E-state index is -0.228. The van der Waals surface area contributed by atoms with Crippen molar-refractivity contribution in [3.05, 3.63) is 59.3 Å². The molecule has 1 saturated heterocycles. The highest BCUT2D eigenvalue weighted by atomic mass is 32.1. The summed E-state index contributed by atoms with van der Waals surface area (Å²) in [5.41, 5.74) is 2.02. The second kappa shape index (κ2) is 9.10. The molecule has 1 N–H and O–H groups in total. The van der Waals surface area contributed by atoms with E-state index >= 15 is 0 Å². The molecule has 1 aliphatic rings. The van der Waals surface area contributed by atoms with Crippen molar-refractivity contribution in [1.82, 2.24) is 9.88 Å². The zero-order chi connectivity index (χ0) is 21.9. The number of aryl methyl sites for hydroxylation is 1. The van der Waals surface area contributed by atoms with Crippen LogP contribution in [-0.2, 0) is 16.0 Å². The Hall–Kier alpha value is -3.23. The number of carbonyl (C=O) groups excluding carboxylic acids is 2. The smallest absolute Gasteiger partial charge is 0.291 e. The zero-order valence-electron chi connectivity index (χ0n) is 17.5. The van der Waals surface area contributed by atoms with Gasteiger partial charge in [-0.15, -0.1) is 11.3 Å². The van der Waals surface area contributed by atoms with E-state index in [1.165, 1.54) is 0 Å². The molecule has 2 aromatic heterocycles. The predicted octanol–water partition coefficient (Wildman–Crippen LogP) is 4.48. The average molecular weight is 450 g/mol. The van der Waals surface area contributed by atoms with Crippen molar-refractivity contribution >= 4 is 50.0 Å². The Bertz CT molecular complexity index is 1240. The molecular weight excluding hydrogens is 426 g/mol. The molecule has 5 rings (SSSR count). The average Bonchev–Trinajstić information content (AvgIpc) is 3.40. The van der Waals surface area contributed by atoms with Gasteiger partial charge in [0.25, 0.3) is 5.91 Å². The van der Waals surface area contributed by atoms with Crippen LogP contribution >= 0.6 is 11.3 Å². The van der Waals surface area contributed by atoms with E-state index in [-0.39, 0.29) is 17.6 Å². The fourth-order valence-corrected chi connectivity index (χ4v) is 4.87. The van der Waals surface area contributed by atoms with Crippen LogP contribution in [0.4, 0.5) is 5.69 Å². The monoisotopic (exact) mass is 449 g/mol. The maximum atomic E-state index is 13.1. The van der Waals surface area contributed by atoms with E-state index in [4.69, 9.17) is 9.15 Å². The summed E-state index contributed by atoms with van der Waals surface area (Å²) >= 11 is 1.66. The topological polar surface area (TPSA) is 84.7 Å². The van der Waals surface area contributed by atoms with Gasteiger partial charge in [-0.25, -0.2) is 4.98 Å². The third-order valence-corrected chi connectivity index (χ3v) is 6.58. The number of para-hydroxylation sites is 2. The van der Waals surface area contributed by atoms with Gasteiger partial charge in [-0.1, -0.05) is 24.3 Å². The SMILES string of the molecule is O=C(CCCc1nc2ccccc2s1)Nc1c(C(=O)N2CCOCC2)oc2ccccc12. The largest absolute Gasteiger partial charge is 0.449 e. The van der Waals surface area contributed by atoms with Crippen molar-refractivity contribution in [2.45, 2.75) is 19.3 Å². The first-order valence-electron chi connectivity index (χ1n) is 10.7. The molecule has 1 fully saturated rings. The molecule has 2 aromatic carbocycles. The Morgan fingerprint density at radius 2 is 1.84 bits per heavy atom. The first-order valence-corrected chi connectivity index (χ1v) is 11.5. The van der Waals surface area contributed by atoms with Crippen molar-refractivity contribution in [3.63, 3.8) is 0 Å². The number of nitrogens with one attached hydrogen (secondary N) is 1. The Labute approximate surface area is 189 Å². The first-order chi connectivity index (χ1) is 15.7. The van der Waals surface area contributed by atoms with Crippen LogP contribution in [-0.4, -0.2) is 48.0 Å². The molecule has 1 aliphatic heterocycles. The lowest BCUT2D eigenvalue weighted by atomic mass is 10.2. The summed E-state index contributed by atoms with van der Waals surface area (Å²) in [6.45, 7) is 2.01. The molecular formula is C24H23N3O4S. The molecule has 0 spiro atoms. The standard InChI is InChI=1S/C24H23N3O4S/c28-20(10-5-11-21-25-17-7-2-4-9-19(17)32-21)26-22-16-6-1-3-8-18(16)31-23(22)24(29)27-12-14-30-15-13-27/h1-4,6-9H,5,10-15H2,(H,26,28). The molecule has 164 valence electrons. The van der Waals surface area contributed by atoms with Crippen LogP contribution < -0.4 is 5.32 Å². The fourth-order valence-electron chi connectivity index (χ4n) is 3.86. The van der Waals surface area contributed by atoms with E-state index in [1.54, 1.807) is 22.3 Å². The predicted molar refractivity (Wildman–Crippen MR) is 124 cm³/mol. The Morgan fingerprint density at radius 1 is 1.06 bits per heavy atom. The van der Waals surface area contributed by atoms with E-state index in [0.29, 0.717) is 50.4 Å². The molecule has 0 bridgehead atoms. The molecule has 3 heterocycles. The second-order valence-corrected chi connectivity index (χ2v) is 8.80. The Balaban J connectivity index is 1.29. The number of fused-ring (bicyclic) bond motifs is 2. The number of carbonyl (C=O) groups is 2. The summed E-state index contributed by atoms with van der Waals surface area (Å²) in [5.74, 6) is -0.199. The van der Waals surface area contributed by atoms with Crippen LogP contribution in [0.2, 0.25) is 0 Å². The lowest BCUT2D eigenvalue weighted by molar-refractivity contribution is -0.116. The molecule has 0 aliphatic carbocycles. The van der Waals surface area contributed by atoms with Gasteiger partial charge in [0.15, 0.2) is 0 Å². The molecule has 0 radical (unpaired) electrons. The van der Waals surface area contributed by atoms with Crippen molar-refractivity contribution in [2.75, 3.05) is 31.6 Å². The number of hydrogen-bond acceptors (Lipinski definition) is 6. The van der Waals surface area contributed by atoms with Crippen LogP contribution in [0.3, 0.4) is 0 Å². The highest BCUT2D eigenvalue weighted by Crippen LogP contribution is 2.32. The van der Waals surface area contributed by atoms with Crippen molar-refractivity contribution in [3.8, 4) is 0 Å². The molecule has 8 heteroatoms. The van der Waals surface area contributed by atoms with Gasteiger partial charge < -0.3 is 19.4 Å². The number of rotatable bonds is 6. The highest BCUT2D eigenvalue weighted by Gasteiger charge is 2.27. The number of nitrogens with zero attached hydrogens (tertiary/aromatic N) is 2. The van der Waals surface area contributed by atoms with Gasteiger partial charge >= 0.3 is 0 Å². The van der Waals surface area contributed by atoms with Gasteiger partial charge in [0, 0.05) is 24.9 Å². The lowest BCUT2D eigenvalue weighted by Gasteiger charge is -2.26. The molecule has 0 atom stereocenters. The number of anilines is 1. The third kappa shape index (κ3) is 4.24. The van der Waals surface area contributed by atoms with Crippen LogP contribution in [0, 0.1) is 0 Å². The van der Waals surface area contributed by atoms with Gasteiger partial charge in [-0.2, -0.15) is 0 Å². The minimum Gasteiger partial charge on any atom is -0.449 e. The van der Waals surface area contributed by atoms with E-state index in [0.717, 1.165) is 27.0 Å². The Kier molecular flexibility index (Phi) is 5.87. The van der Waals surface area contributed by atoms with Crippen molar-refractivity contribution < 1.29 is 18.7 Å². The molecule has 4 aromatic rings. The van der Waals surface area contributed by atoms with Crippen molar-refractivity contribution in [2.24, 2.45) is 0 Å². The second-order valence-electron chi connectivity index (χ2n) is 7.68. The quantitative estimate of drug-likeness (QED) is 0.469.